The number of nitrogens with zero attached hydrogens (tertiary/aromatic N) is 1. The van der Waals surface area contributed by atoms with E-state index in [0.29, 0.717) is 17.1 Å². The molecule has 0 radical (unpaired) electrons. The van der Waals surface area contributed by atoms with Crippen molar-refractivity contribution in [3.63, 3.8) is 0 Å². The van der Waals surface area contributed by atoms with Crippen LogP contribution >= 0.6 is 0 Å². The molecule has 1 heterocycles. The summed E-state index contributed by atoms with van der Waals surface area (Å²) < 4.78 is 5.23. The van der Waals surface area contributed by atoms with Gasteiger partial charge in [-0.1, -0.05) is 12.1 Å². The maximum Gasteiger partial charge on any atom is 0.412 e. The lowest BCUT2D eigenvalue weighted by molar-refractivity contribution is 0.0635. The average molecular weight is 327 g/mol. The van der Waals surface area contributed by atoms with Gasteiger partial charge in [0.15, 0.2) is 0 Å². The Morgan fingerprint density at radius 3 is 2.46 bits per heavy atom. The van der Waals surface area contributed by atoms with Crippen molar-refractivity contribution in [1.29, 1.82) is 0 Å². The molecule has 2 rings (SSSR count). The van der Waals surface area contributed by atoms with Gasteiger partial charge in [0, 0.05) is 17.4 Å². The second-order valence-electron chi connectivity index (χ2n) is 6.33. The minimum Gasteiger partial charge on any atom is -0.444 e. The van der Waals surface area contributed by atoms with Crippen molar-refractivity contribution in [3.05, 3.63) is 53.7 Å². The fourth-order valence-electron chi connectivity index (χ4n) is 1.94. The van der Waals surface area contributed by atoms with Crippen molar-refractivity contribution in [2.24, 2.45) is 0 Å². The molecule has 6 nitrogen and oxygen atoms in total. The number of nitrogens with one attached hydrogen (secondary N) is 2. The van der Waals surface area contributed by atoms with Gasteiger partial charge in [0.05, 0.1) is 0 Å². The van der Waals surface area contributed by atoms with E-state index < -0.39 is 11.7 Å². The Hall–Kier alpha value is -2.89. The molecule has 0 saturated carbocycles. The molecule has 0 aliphatic rings. The zero-order chi connectivity index (χ0) is 17.7. The van der Waals surface area contributed by atoms with Gasteiger partial charge in [-0.05, 0) is 57.5 Å². The molecule has 0 aliphatic heterocycles. The number of carbonyl (C=O) groups excluding carboxylic acids is 2. The summed E-state index contributed by atoms with van der Waals surface area (Å²) in [5.41, 5.74) is 1.18. The number of aromatic nitrogens is 1. The standard InChI is InChI=1S/C18H21N3O3/c1-12-8-9-13(16(22)21-15-7-5-6-10-19-15)11-14(12)20-17(23)24-18(2,3)4/h5-11H,1-4H3,(H,20,23)(H,19,21,22). The van der Waals surface area contributed by atoms with E-state index in [0.717, 1.165) is 5.56 Å². The van der Waals surface area contributed by atoms with Crippen LogP contribution in [0.4, 0.5) is 16.3 Å². The van der Waals surface area contributed by atoms with Crippen LogP contribution in [0.1, 0.15) is 36.7 Å². The first-order chi connectivity index (χ1) is 11.2. The highest BCUT2D eigenvalue weighted by molar-refractivity contribution is 6.04. The third-order valence-corrected chi connectivity index (χ3v) is 3.04. The Morgan fingerprint density at radius 2 is 1.83 bits per heavy atom. The summed E-state index contributed by atoms with van der Waals surface area (Å²) in [5, 5.41) is 5.37. The van der Waals surface area contributed by atoms with Crippen LogP contribution in [0.15, 0.2) is 42.6 Å². The molecule has 0 atom stereocenters. The topological polar surface area (TPSA) is 80.3 Å². The van der Waals surface area contributed by atoms with Gasteiger partial charge in [-0.25, -0.2) is 9.78 Å². The zero-order valence-corrected chi connectivity index (χ0v) is 14.2. The number of anilines is 2. The fraction of sp³-hybridized carbons (Fsp3) is 0.278. The number of rotatable bonds is 3. The van der Waals surface area contributed by atoms with Gasteiger partial charge in [0.2, 0.25) is 0 Å². The van der Waals surface area contributed by atoms with Gasteiger partial charge in [-0.15, -0.1) is 0 Å². The van der Waals surface area contributed by atoms with Gasteiger partial charge in [0.25, 0.3) is 5.91 Å². The van der Waals surface area contributed by atoms with Crippen LogP contribution in [0, 0.1) is 6.92 Å². The Morgan fingerprint density at radius 1 is 1.08 bits per heavy atom. The number of hydrogen-bond acceptors (Lipinski definition) is 4. The van der Waals surface area contributed by atoms with Crippen LogP contribution in [0.5, 0.6) is 0 Å². The van der Waals surface area contributed by atoms with Crippen molar-refractivity contribution in [3.8, 4) is 0 Å². The lowest BCUT2D eigenvalue weighted by atomic mass is 10.1. The first-order valence-corrected chi connectivity index (χ1v) is 7.58. The second kappa shape index (κ2) is 7.12. The van der Waals surface area contributed by atoms with Crippen LogP contribution in [-0.2, 0) is 4.74 Å². The van der Waals surface area contributed by atoms with Gasteiger partial charge in [-0.2, -0.15) is 0 Å². The molecule has 24 heavy (non-hydrogen) atoms. The number of amides is 2. The molecule has 126 valence electrons. The number of carbonyl (C=O) groups is 2. The lowest BCUT2D eigenvalue weighted by Crippen LogP contribution is -2.27. The minimum absolute atomic E-state index is 0.305. The van der Waals surface area contributed by atoms with Crippen molar-refractivity contribution in [2.45, 2.75) is 33.3 Å². The maximum absolute atomic E-state index is 12.3. The van der Waals surface area contributed by atoms with Gasteiger partial charge in [-0.3, -0.25) is 10.1 Å². The van der Waals surface area contributed by atoms with Crippen molar-refractivity contribution < 1.29 is 14.3 Å². The molecule has 0 saturated heterocycles. The number of ether oxygens (including phenoxy) is 1. The Kier molecular flexibility index (Phi) is 5.18. The number of aryl methyl sites for hydroxylation is 1. The predicted octanol–water partition coefficient (Wildman–Crippen LogP) is 3.99. The SMILES string of the molecule is Cc1ccc(C(=O)Nc2ccccn2)cc1NC(=O)OC(C)(C)C. The normalized spacial score (nSPS) is 10.8. The molecule has 0 bridgehead atoms. The van der Waals surface area contributed by atoms with E-state index in [-0.39, 0.29) is 5.91 Å². The Labute approximate surface area is 141 Å². The van der Waals surface area contributed by atoms with Crippen molar-refractivity contribution >= 4 is 23.5 Å². The van der Waals surface area contributed by atoms with Crippen LogP contribution in [0.3, 0.4) is 0 Å². The van der Waals surface area contributed by atoms with E-state index in [9.17, 15) is 9.59 Å². The summed E-state index contributed by atoms with van der Waals surface area (Å²) >= 11 is 0. The van der Waals surface area contributed by atoms with E-state index in [2.05, 4.69) is 15.6 Å². The Bertz CT molecular complexity index is 737. The molecule has 2 aromatic rings. The molecule has 0 aliphatic carbocycles. The van der Waals surface area contributed by atoms with E-state index in [1.54, 1.807) is 63.4 Å². The van der Waals surface area contributed by atoms with Crippen LogP contribution < -0.4 is 10.6 Å². The van der Waals surface area contributed by atoms with Crippen molar-refractivity contribution in [2.75, 3.05) is 10.6 Å². The minimum atomic E-state index is -0.591. The third-order valence-electron chi connectivity index (χ3n) is 3.04. The number of benzene rings is 1. The first kappa shape index (κ1) is 17.5. The molecule has 1 aromatic carbocycles. The van der Waals surface area contributed by atoms with Crippen molar-refractivity contribution in [1.82, 2.24) is 4.98 Å². The predicted molar refractivity (Wildman–Crippen MR) is 93.2 cm³/mol. The van der Waals surface area contributed by atoms with E-state index >= 15 is 0 Å². The highest BCUT2D eigenvalue weighted by Crippen LogP contribution is 2.19. The lowest BCUT2D eigenvalue weighted by Gasteiger charge is -2.20. The van der Waals surface area contributed by atoms with Crippen LogP contribution in [0.2, 0.25) is 0 Å². The second-order valence-corrected chi connectivity index (χ2v) is 6.33. The highest BCUT2D eigenvalue weighted by atomic mass is 16.6. The monoisotopic (exact) mass is 327 g/mol. The molecule has 0 fully saturated rings. The van der Waals surface area contributed by atoms with Gasteiger partial charge in [0.1, 0.15) is 11.4 Å². The highest BCUT2D eigenvalue weighted by Gasteiger charge is 2.17. The summed E-state index contributed by atoms with van der Waals surface area (Å²) in [6.07, 6.45) is 1.04. The summed E-state index contributed by atoms with van der Waals surface area (Å²) in [7, 11) is 0. The van der Waals surface area contributed by atoms with E-state index in [1.165, 1.54) is 0 Å². The average Bonchev–Trinajstić information content (AvgIpc) is 2.48. The summed E-state index contributed by atoms with van der Waals surface area (Å²) in [4.78, 5) is 28.3. The van der Waals surface area contributed by atoms with E-state index in [4.69, 9.17) is 4.74 Å². The van der Waals surface area contributed by atoms with Crippen LogP contribution in [0.25, 0.3) is 0 Å². The largest absolute Gasteiger partial charge is 0.444 e. The molecular formula is C18H21N3O3. The smallest absolute Gasteiger partial charge is 0.412 e. The van der Waals surface area contributed by atoms with Gasteiger partial charge < -0.3 is 10.1 Å². The summed E-state index contributed by atoms with van der Waals surface area (Å²) in [5.74, 6) is 0.158. The zero-order valence-electron chi connectivity index (χ0n) is 14.2. The third kappa shape index (κ3) is 5.08. The molecule has 2 N–H and O–H groups in total. The molecular weight excluding hydrogens is 306 g/mol. The molecule has 0 unspecified atom stereocenters. The van der Waals surface area contributed by atoms with Crippen LogP contribution in [-0.4, -0.2) is 22.6 Å². The fourth-order valence-corrected chi connectivity index (χ4v) is 1.94. The van der Waals surface area contributed by atoms with E-state index in [1.807, 2.05) is 6.92 Å². The molecule has 1 aromatic heterocycles. The number of pyridine rings is 1. The quantitative estimate of drug-likeness (QED) is 0.893. The molecule has 2 amide bonds. The summed E-state index contributed by atoms with van der Waals surface area (Å²) in [6.45, 7) is 7.20. The number of hydrogen-bond donors (Lipinski definition) is 2. The first-order valence-electron chi connectivity index (χ1n) is 7.58. The molecule has 0 spiro atoms. The maximum atomic E-state index is 12.3. The summed E-state index contributed by atoms with van der Waals surface area (Å²) in [6, 6.07) is 10.3. The molecule has 6 heteroatoms. The Balaban J connectivity index is 2.13. The van der Waals surface area contributed by atoms with Gasteiger partial charge >= 0.3 is 6.09 Å².